The predicted octanol–water partition coefficient (Wildman–Crippen LogP) is 3.22. The monoisotopic (exact) mass is 271 g/mol. The van der Waals surface area contributed by atoms with Gasteiger partial charge in [0.15, 0.2) is 0 Å². The van der Waals surface area contributed by atoms with Crippen molar-refractivity contribution in [1.29, 1.82) is 0 Å². The quantitative estimate of drug-likeness (QED) is 0.803. The zero-order chi connectivity index (χ0) is 11.1. The second-order valence-electron chi connectivity index (χ2n) is 3.64. The van der Waals surface area contributed by atoms with Crippen LogP contribution in [0.25, 0.3) is 0 Å². The maximum absolute atomic E-state index is 5.62. The Labute approximate surface area is 100 Å². The molecule has 0 fully saturated rings. The Balaban J connectivity index is 2.20. The summed E-state index contributed by atoms with van der Waals surface area (Å²) in [7, 11) is 1.99. The molecule has 0 aliphatic heterocycles. The highest BCUT2D eigenvalue weighted by molar-refractivity contribution is 9.10. The van der Waals surface area contributed by atoms with Crippen molar-refractivity contribution < 1.29 is 4.74 Å². The molecule has 1 rings (SSSR count). The van der Waals surface area contributed by atoms with E-state index in [1.807, 2.05) is 31.3 Å². The summed E-state index contributed by atoms with van der Waals surface area (Å²) in [6.07, 6.45) is 2.22. The molecule has 0 bridgehead atoms. The Bertz CT molecular complexity index is 291. The minimum absolute atomic E-state index is 0.566. The van der Waals surface area contributed by atoms with Gasteiger partial charge in [-0.1, -0.05) is 22.0 Å². The van der Waals surface area contributed by atoms with Gasteiger partial charge in [0.2, 0.25) is 0 Å². The van der Waals surface area contributed by atoms with E-state index in [-0.39, 0.29) is 0 Å². The van der Waals surface area contributed by atoms with Crippen LogP contribution in [0.1, 0.15) is 19.8 Å². The van der Waals surface area contributed by atoms with Crippen molar-refractivity contribution in [2.45, 2.75) is 25.8 Å². The fraction of sp³-hybridized carbons (Fsp3) is 0.500. The minimum Gasteiger partial charge on any atom is -0.494 e. The van der Waals surface area contributed by atoms with Crippen LogP contribution in [0.15, 0.2) is 28.7 Å². The summed E-state index contributed by atoms with van der Waals surface area (Å²) in [6.45, 7) is 2.96. The molecule has 0 spiro atoms. The molecule has 1 aromatic rings. The van der Waals surface area contributed by atoms with Gasteiger partial charge in [-0.15, -0.1) is 0 Å². The smallest absolute Gasteiger partial charge is 0.120 e. The van der Waals surface area contributed by atoms with Crippen molar-refractivity contribution in [3.63, 3.8) is 0 Å². The normalized spacial score (nSPS) is 12.5. The van der Waals surface area contributed by atoms with E-state index < -0.39 is 0 Å². The summed E-state index contributed by atoms with van der Waals surface area (Å²) >= 11 is 3.42. The number of nitrogens with one attached hydrogen (secondary N) is 1. The largest absolute Gasteiger partial charge is 0.494 e. The average molecular weight is 272 g/mol. The lowest BCUT2D eigenvalue weighted by atomic mass is 10.2. The van der Waals surface area contributed by atoms with Crippen molar-refractivity contribution in [3.8, 4) is 5.75 Å². The average Bonchev–Trinajstić information content (AvgIpc) is 2.24. The van der Waals surface area contributed by atoms with Crippen LogP contribution in [0.2, 0.25) is 0 Å². The zero-order valence-electron chi connectivity index (χ0n) is 9.29. The van der Waals surface area contributed by atoms with Gasteiger partial charge in [-0.05, 0) is 45.0 Å². The van der Waals surface area contributed by atoms with Crippen molar-refractivity contribution >= 4 is 15.9 Å². The summed E-state index contributed by atoms with van der Waals surface area (Å²) in [5, 5.41) is 3.21. The van der Waals surface area contributed by atoms with E-state index in [4.69, 9.17) is 4.74 Å². The summed E-state index contributed by atoms with van der Waals surface area (Å²) in [4.78, 5) is 0. The van der Waals surface area contributed by atoms with Crippen LogP contribution in [0.4, 0.5) is 0 Å². The SMILES string of the molecule is CNC(C)CCCOc1cccc(Br)c1. The lowest BCUT2D eigenvalue weighted by molar-refractivity contribution is 0.299. The maximum atomic E-state index is 5.62. The first-order chi connectivity index (χ1) is 7.22. The van der Waals surface area contributed by atoms with Gasteiger partial charge in [0.05, 0.1) is 6.61 Å². The van der Waals surface area contributed by atoms with Crippen LogP contribution in [-0.2, 0) is 0 Å². The Morgan fingerprint density at radius 3 is 2.93 bits per heavy atom. The third kappa shape index (κ3) is 5.19. The molecule has 0 heterocycles. The summed E-state index contributed by atoms with van der Waals surface area (Å²) in [6, 6.07) is 8.51. The van der Waals surface area contributed by atoms with Crippen LogP contribution < -0.4 is 10.1 Å². The first kappa shape index (κ1) is 12.5. The molecule has 0 amide bonds. The highest BCUT2D eigenvalue weighted by Gasteiger charge is 1.98. The fourth-order valence-corrected chi connectivity index (χ4v) is 1.66. The van der Waals surface area contributed by atoms with Gasteiger partial charge in [-0.3, -0.25) is 0 Å². The zero-order valence-corrected chi connectivity index (χ0v) is 10.9. The molecule has 1 aromatic carbocycles. The molecule has 2 nitrogen and oxygen atoms in total. The van der Waals surface area contributed by atoms with Crippen molar-refractivity contribution in [1.82, 2.24) is 5.32 Å². The number of benzene rings is 1. The third-order valence-electron chi connectivity index (χ3n) is 2.34. The molecule has 0 radical (unpaired) electrons. The molecule has 84 valence electrons. The van der Waals surface area contributed by atoms with Crippen LogP contribution in [-0.4, -0.2) is 19.7 Å². The second-order valence-corrected chi connectivity index (χ2v) is 4.55. The van der Waals surface area contributed by atoms with E-state index in [9.17, 15) is 0 Å². The summed E-state index contributed by atoms with van der Waals surface area (Å²) < 4.78 is 6.68. The van der Waals surface area contributed by atoms with Crippen molar-refractivity contribution in [3.05, 3.63) is 28.7 Å². The van der Waals surface area contributed by atoms with E-state index in [1.165, 1.54) is 0 Å². The van der Waals surface area contributed by atoms with E-state index in [0.29, 0.717) is 6.04 Å². The molecule has 0 aliphatic carbocycles. The maximum Gasteiger partial charge on any atom is 0.120 e. The molecule has 0 saturated carbocycles. The first-order valence-electron chi connectivity index (χ1n) is 5.28. The van der Waals surface area contributed by atoms with E-state index in [1.54, 1.807) is 0 Å². The topological polar surface area (TPSA) is 21.3 Å². The van der Waals surface area contributed by atoms with Gasteiger partial charge in [-0.25, -0.2) is 0 Å². The number of ether oxygens (including phenoxy) is 1. The van der Waals surface area contributed by atoms with Crippen LogP contribution in [0.5, 0.6) is 5.75 Å². The van der Waals surface area contributed by atoms with Crippen LogP contribution in [0, 0.1) is 0 Å². The van der Waals surface area contributed by atoms with Gasteiger partial charge in [0, 0.05) is 10.5 Å². The van der Waals surface area contributed by atoms with Crippen LogP contribution >= 0.6 is 15.9 Å². The Morgan fingerprint density at radius 1 is 1.47 bits per heavy atom. The highest BCUT2D eigenvalue weighted by Crippen LogP contribution is 2.17. The Kier molecular flexibility index (Phi) is 5.73. The molecule has 0 aromatic heterocycles. The van der Waals surface area contributed by atoms with E-state index in [0.717, 1.165) is 29.7 Å². The lowest BCUT2D eigenvalue weighted by Gasteiger charge is -2.10. The fourth-order valence-electron chi connectivity index (χ4n) is 1.28. The Hall–Kier alpha value is -0.540. The van der Waals surface area contributed by atoms with Gasteiger partial charge < -0.3 is 10.1 Å². The predicted molar refractivity (Wildman–Crippen MR) is 67.4 cm³/mol. The van der Waals surface area contributed by atoms with Gasteiger partial charge >= 0.3 is 0 Å². The van der Waals surface area contributed by atoms with Gasteiger partial charge in [0.25, 0.3) is 0 Å². The van der Waals surface area contributed by atoms with Gasteiger partial charge in [-0.2, -0.15) is 0 Å². The molecule has 0 aliphatic rings. The third-order valence-corrected chi connectivity index (χ3v) is 2.83. The summed E-state index contributed by atoms with van der Waals surface area (Å²) in [5.41, 5.74) is 0. The molecule has 3 heteroatoms. The van der Waals surface area contributed by atoms with E-state index in [2.05, 4.69) is 28.2 Å². The molecule has 1 atom stereocenters. The number of hydrogen-bond acceptors (Lipinski definition) is 2. The second kappa shape index (κ2) is 6.85. The van der Waals surface area contributed by atoms with Gasteiger partial charge in [0.1, 0.15) is 5.75 Å². The van der Waals surface area contributed by atoms with E-state index >= 15 is 0 Å². The lowest BCUT2D eigenvalue weighted by Crippen LogP contribution is -2.21. The first-order valence-corrected chi connectivity index (χ1v) is 6.07. The molecular formula is C12H18BrNO. The molecule has 1 unspecified atom stereocenters. The summed E-state index contributed by atoms with van der Waals surface area (Å²) in [5.74, 6) is 0.932. The minimum atomic E-state index is 0.566. The molecule has 0 saturated heterocycles. The number of hydrogen-bond donors (Lipinski definition) is 1. The van der Waals surface area contributed by atoms with Crippen LogP contribution in [0.3, 0.4) is 0 Å². The highest BCUT2D eigenvalue weighted by atomic mass is 79.9. The number of rotatable bonds is 6. The molecule has 1 N–H and O–H groups in total. The Morgan fingerprint density at radius 2 is 2.27 bits per heavy atom. The molecular weight excluding hydrogens is 254 g/mol. The molecule has 15 heavy (non-hydrogen) atoms. The number of halogens is 1. The van der Waals surface area contributed by atoms with Crippen molar-refractivity contribution in [2.75, 3.05) is 13.7 Å². The standard InChI is InChI=1S/C12H18BrNO/c1-10(14-2)5-4-8-15-12-7-3-6-11(13)9-12/h3,6-7,9-10,14H,4-5,8H2,1-2H3. The van der Waals surface area contributed by atoms with Crippen molar-refractivity contribution in [2.24, 2.45) is 0 Å².